The van der Waals surface area contributed by atoms with Crippen LogP contribution in [0.5, 0.6) is 0 Å². The molecule has 0 fully saturated rings. The first kappa shape index (κ1) is 10.3. The number of aryl methyl sites for hydroxylation is 1. The molecule has 1 heterocycles. The molecule has 1 aromatic heterocycles. The van der Waals surface area contributed by atoms with Crippen LogP contribution < -0.4 is 5.73 Å². The molecule has 78 valence electrons. The molecule has 0 amide bonds. The molecule has 0 saturated heterocycles. The van der Waals surface area contributed by atoms with Gasteiger partial charge in [-0.05, 0) is 46.5 Å². The van der Waals surface area contributed by atoms with Crippen molar-refractivity contribution in [1.82, 2.24) is 0 Å². The Morgan fingerprint density at radius 2 is 2.13 bits per heavy atom. The number of benzene rings is 1. The van der Waals surface area contributed by atoms with Gasteiger partial charge in [0.15, 0.2) is 0 Å². The van der Waals surface area contributed by atoms with E-state index in [9.17, 15) is 4.39 Å². The van der Waals surface area contributed by atoms with Gasteiger partial charge in [-0.15, -0.1) is 0 Å². The second-order valence-corrected chi connectivity index (χ2v) is 4.29. The lowest BCUT2D eigenvalue weighted by molar-refractivity contribution is 0.623. The number of rotatable bonds is 2. The highest BCUT2D eigenvalue weighted by molar-refractivity contribution is 7.08. The van der Waals surface area contributed by atoms with Crippen molar-refractivity contribution in [3.05, 3.63) is 57.5 Å². The number of halogens is 1. The summed E-state index contributed by atoms with van der Waals surface area (Å²) in [6.45, 7) is 2.02. The molecule has 2 rings (SSSR count). The molecule has 2 aromatic rings. The lowest BCUT2D eigenvalue weighted by Gasteiger charge is -2.11. The van der Waals surface area contributed by atoms with Gasteiger partial charge in [-0.2, -0.15) is 11.3 Å². The average Bonchev–Trinajstić information content (AvgIpc) is 2.63. The van der Waals surface area contributed by atoms with E-state index in [2.05, 4.69) is 5.38 Å². The van der Waals surface area contributed by atoms with E-state index in [1.807, 2.05) is 18.4 Å². The predicted molar refractivity (Wildman–Crippen MR) is 61.5 cm³/mol. The van der Waals surface area contributed by atoms with Crippen molar-refractivity contribution in [2.45, 2.75) is 13.0 Å². The highest BCUT2D eigenvalue weighted by Crippen LogP contribution is 2.25. The molecule has 0 aliphatic rings. The summed E-state index contributed by atoms with van der Waals surface area (Å²) in [5.41, 5.74) is 9.12. The zero-order valence-corrected chi connectivity index (χ0v) is 9.22. The van der Waals surface area contributed by atoms with Gasteiger partial charge < -0.3 is 5.73 Å². The standard InChI is InChI=1S/C12H12FNS/c1-8-6-15-7-11(8)12(14)9-3-2-4-10(13)5-9/h2-7,12H,14H2,1H3. The number of hydrogen-bond donors (Lipinski definition) is 1. The van der Waals surface area contributed by atoms with Gasteiger partial charge in [0.1, 0.15) is 5.82 Å². The van der Waals surface area contributed by atoms with E-state index in [0.717, 1.165) is 16.7 Å². The van der Waals surface area contributed by atoms with Crippen LogP contribution in [0.15, 0.2) is 35.0 Å². The first-order valence-electron chi connectivity index (χ1n) is 4.72. The van der Waals surface area contributed by atoms with Crippen LogP contribution in [0.25, 0.3) is 0 Å². The fourth-order valence-electron chi connectivity index (χ4n) is 1.57. The van der Waals surface area contributed by atoms with Gasteiger partial charge in [-0.3, -0.25) is 0 Å². The van der Waals surface area contributed by atoms with Crippen LogP contribution in [0.1, 0.15) is 22.7 Å². The molecule has 2 N–H and O–H groups in total. The molecule has 15 heavy (non-hydrogen) atoms. The van der Waals surface area contributed by atoms with Crippen molar-refractivity contribution in [3.63, 3.8) is 0 Å². The van der Waals surface area contributed by atoms with Gasteiger partial charge in [0.2, 0.25) is 0 Å². The monoisotopic (exact) mass is 221 g/mol. The molecule has 1 aromatic carbocycles. The Bertz CT molecular complexity index is 464. The van der Waals surface area contributed by atoms with Crippen molar-refractivity contribution in [2.75, 3.05) is 0 Å². The molecule has 0 bridgehead atoms. The van der Waals surface area contributed by atoms with Gasteiger partial charge in [0.25, 0.3) is 0 Å². The van der Waals surface area contributed by atoms with Gasteiger partial charge in [0, 0.05) is 0 Å². The summed E-state index contributed by atoms with van der Waals surface area (Å²) in [5, 5.41) is 4.07. The van der Waals surface area contributed by atoms with Crippen LogP contribution in [-0.2, 0) is 0 Å². The maximum Gasteiger partial charge on any atom is 0.123 e. The third-order valence-corrected chi connectivity index (χ3v) is 3.32. The lowest BCUT2D eigenvalue weighted by Crippen LogP contribution is -2.12. The molecule has 0 aliphatic carbocycles. The second-order valence-electron chi connectivity index (χ2n) is 3.54. The van der Waals surface area contributed by atoms with Crippen LogP contribution in [-0.4, -0.2) is 0 Å². The fourth-order valence-corrected chi connectivity index (χ4v) is 2.46. The van der Waals surface area contributed by atoms with Gasteiger partial charge in [-0.1, -0.05) is 12.1 Å². The van der Waals surface area contributed by atoms with E-state index in [0.29, 0.717) is 0 Å². The highest BCUT2D eigenvalue weighted by atomic mass is 32.1. The smallest absolute Gasteiger partial charge is 0.123 e. The van der Waals surface area contributed by atoms with E-state index in [1.54, 1.807) is 17.4 Å². The third-order valence-electron chi connectivity index (χ3n) is 2.44. The van der Waals surface area contributed by atoms with Crippen LogP contribution >= 0.6 is 11.3 Å². The second kappa shape index (κ2) is 4.13. The Balaban J connectivity index is 2.36. The number of nitrogens with two attached hydrogens (primary N) is 1. The van der Waals surface area contributed by atoms with Crippen LogP contribution in [0.4, 0.5) is 4.39 Å². The number of hydrogen-bond acceptors (Lipinski definition) is 2. The summed E-state index contributed by atoms with van der Waals surface area (Å²) in [6, 6.07) is 6.22. The molecular formula is C12H12FNS. The minimum Gasteiger partial charge on any atom is -0.320 e. The maximum absolute atomic E-state index is 13.0. The molecular weight excluding hydrogens is 209 g/mol. The summed E-state index contributed by atoms with van der Waals surface area (Å²) in [4.78, 5) is 0. The molecule has 0 saturated carbocycles. The van der Waals surface area contributed by atoms with Crippen molar-refractivity contribution < 1.29 is 4.39 Å². The summed E-state index contributed by atoms with van der Waals surface area (Å²) in [6.07, 6.45) is 0. The topological polar surface area (TPSA) is 26.0 Å². The molecule has 0 radical (unpaired) electrons. The lowest BCUT2D eigenvalue weighted by atomic mass is 9.99. The van der Waals surface area contributed by atoms with Gasteiger partial charge >= 0.3 is 0 Å². The first-order valence-corrected chi connectivity index (χ1v) is 5.66. The molecule has 0 aliphatic heterocycles. The van der Waals surface area contributed by atoms with Crippen LogP contribution in [0, 0.1) is 12.7 Å². The molecule has 1 unspecified atom stereocenters. The van der Waals surface area contributed by atoms with Crippen LogP contribution in [0.2, 0.25) is 0 Å². The summed E-state index contributed by atoms with van der Waals surface area (Å²) >= 11 is 1.62. The van der Waals surface area contributed by atoms with Gasteiger partial charge in [-0.25, -0.2) is 4.39 Å². The van der Waals surface area contributed by atoms with E-state index in [-0.39, 0.29) is 11.9 Å². The minimum atomic E-state index is -0.240. The Kier molecular flexibility index (Phi) is 2.84. The molecule has 3 heteroatoms. The zero-order chi connectivity index (χ0) is 10.8. The molecule has 1 atom stereocenters. The highest BCUT2D eigenvalue weighted by Gasteiger charge is 2.12. The summed E-state index contributed by atoms with van der Waals surface area (Å²) in [5.74, 6) is -0.240. The largest absolute Gasteiger partial charge is 0.320 e. The van der Waals surface area contributed by atoms with E-state index >= 15 is 0 Å². The van der Waals surface area contributed by atoms with Crippen LogP contribution in [0.3, 0.4) is 0 Å². The van der Waals surface area contributed by atoms with E-state index < -0.39 is 0 Å². The average molecular weight is 221 g/mol. The van der Waals surface area contributed by atoms with Crippen molar-refractivity contribution in [1.29, 1.82) is 0 Å². The first-order chi connectivity index (χ1) is 7.18. The van der Waals surface area contributed by atoms with Crippen molar-refractivity contribution in [2.24, 2.45) is 5.73 Å². The quantitative estimate of drug-likeness (QED) is 0.827. The van der Waals surface area contributed by atoms with Gasteiger partial charge in [0.05, 0.1) is 6.04 Å². The SMILES string of the molecule is Cc1cscc1C(N)c1cccc(F)c1. The normalized spacial score (nSPS) is 12.7. The summed E-state index contributed by atoms with van der Waals surface area (Å²) < 4.78 is 13.0. The van der Waals surface area contributed by atoms with E-state index in [4.69, 9.17) is 5.73 Å². The fraction of sp³-hybridized carbons (Fsp3) is 0.167. The third kappa shape index (κ3) is 2.08. The minimum absolute atomic E-state index is 0.230. The Hall–Kier alpha value is -1.19. The van der Waals surface area contributed by atoms with Crippen molar-refractivity contribution >= 4 is 11.3 Å². The maximum atomic E-state index is 13.0. The Morgan fingerprint density at radius 3 is 2.73 bits per heavy atom. The molecule has 1 nitrogen and oxygen atoms in total. The Morgan fingerprint density at radius 1 is 1.33 bits per heavy atom. The number of thiophene rings is 1. The molecule has 0 spiro atoms. The zero-order valence-electron chi connectivity index (χ0n) is 8.41. The summed E-state index contributed by atoms with van der Waals surface area (Å²) in [7, 11) is 0. The Labute approximate surface area is 92.4 Å². The van der Waals surface area contributed by atoms with E-state index in [1.165, 1.54) is 12.1 Å². The van der Waals surface area contributed by atoms with Crippen molar-refractivity contribution in [3.8, 4) is 0 Å². The predicted octanol–water partition coefficient (Wildman–Crippen LogP) is 3.24.